The fourth-order valence-electron chi connectivity index (χ4n) is 5.07. The fourth-order valence-corrected chi connectivity index (χ4v) is 5.07. The molecule has 0 bridgehead atoms. The molecule has 8 heteroatoms. The summed E-state index contributed by atoms with van der Waals surface area (Å²) >= 11 is 0. The first kappa shape index (κ1) is 23.8. The van der Waals surface area contributed by atoms with Crippen molar-refractivity contribution in [2.24, 2.45) is 5.92 Å². The molecule has 1 saturated heterocycles. The van der Waals surface area contributed by atoms with E-state index in [2.05, 4.69) is 5.32 Å². The van der Waals surface area contributed by atoms with E-state index in [-0.39, 0.29) is 23.7 Å². The first-order chi connectivity index (χ1) is 17.2. The smallest absolute Gasteiger partial charge is 0.308 e. The normalized spacial score (nSPS) is 20.9. The molecule has 0 unspecified atom stereocenters. The number of piperidine rings is 1. The van der Waals surface area contributed by atoms with Gasteiger partial charge in [-0.15, -0.1) is 0 Å². The minimum atomic E-state index is -0.716. The Morgan fingerprint density at radius 2 is 1.81 bits per heavy atom. The SMILES string of the molecule is COC(=O)C1CCN(C(=O)c2ccc(C3=C/C(=C4\C(=O)Nc5cc(F)ccc54)OC3(C)C)cc2)CC1. The van der Waals surface area contributed by atoms with Gasteiger partial charge in [0.05, 0.1) is 24.3 Å². The molecular weight excluding hydrogens is 463 g/mol. The number of nitrogens with zero attached hydrogens (tertiary/aromatic N) is 1. The summed E-state index contributed by atoms with van der Waals surface area (Å²) in [5, 5.41) is 2.70. The first-order valence-electron chi connectivity index (χ1n) is 11.9. The highest BCUT2D eigenvalue weighted by atomic mass is 19.1. The standard InChI is InChI=1S/C28H27FN2O5/c1-28(2)21(15-23(36-28)24-20-9-8-19(29)14-22(20)30-25(24)32)16-4-6-17(7-5-16)26(33)31-12-10-18(11-13-31)27(34)35-3/h4-9,14-15,18H,10-13H2,1-3H3,(H,30,32)/b24-23+. The van der Waals surface area contributed by atoms with E-state index in [1.807, 2.05) is 32.1 Å². The van der Waals surface area contributed by atoms with Crippen LogP contribution in [0.3, 0.4) is 0 Å². The number of halogens is 1. The number of amides is 2. The molecule has 0 aromatic heterocycles. The molecule has 0 saturated carbocycles. The molecule has 5 rings (SSSR count). The summed E-state index contributed by atoms with van der Waals surface area (Å²) in [6.07, 6.45) is 3.02. The Morgan fingerprint density at radius 1 is 1.11 bits per heavy atom. The van der Waals surface area contributed by atoms with E-state index in [9.17, 15) is 18.8 Å². The highest BCUT2D eigenvalue weighted by Crippen LogP contribution is 2.44. The Morgan fingerprint density at radius 3 is 2.47 bits per heavy atom. The Labute approximate surface area is 208 Å². The van der Waals surface area contributed by atoms with Crippen LogP contribution < -0.4 is 5.32 Å². The van der Waals surface area contributed by atoms with Crippen LogP contribution in [0.15, 0.2) is 54.3 Å². The summed E-state index contributed by atoms with van der Waals surface area (Å²) < 4.78 is 24.6. The van der Waals surface area contributed by atoms with Crippen molar-refractivity contribution in [2.45, 2.75) is 32.3 Å². The van der Waals surface area contributed by atoms with Crippen molar-refractivity contribution in [3.63, 3.8) is 0 Å². The number of benzene rings is 2. The van der Waals surface area contributed by atoms with Crippen molar-refractivity contribution in [1.82, 2.24) is 4.90 Å². The summed E-state index contributed by atoms with van der Waals surface area (Å²) in [6, 6.07) is 11.5. The maximum Gasteiger partial charge on any atom is 0.308 e. The highest BCUT2D eigenvalue weighted by molar-refractivity contribution is 6.32. The molecule has 3 heterocycles. The van der Waals surface area contributed by atoms with Crippen molar-refractivity contribution >= 4 is 34.6 Å². The van der Waals surface area contributed by atoms with Crippen LogP contribution in [-0.2, 0) is 19.1 Å². The lowest BCUT2D eigenvalue weighted by Crippen LogP contribution is -2.40. The molecule has 0 radical (unpaired) electrons. The predicted molar refractivity (Wildman–Crippen MR) is 132 cm³/mol. The van der Waals surface area contributed by atoms with Gasteiger partial charge in [0.15, 0.2) is 0 Å². The van der Waals surface area contributed by atoms with Crippen molar-refractivity contribution in [2.75, 3.05) is 25.5 Å². The van der Waals surface area contributed by atoms with Crippen molar-refractivity contribution in [1.29, 1.82) is 0 Å². The Kier molecular flexibility index (Phi) is 5.90. The fraction of sp³-hybridized carbons (Fsp3) is 0.321. The van der Waals surface area contributed by atoms with Crippen LogP contribution in [0.4, 0.5) is 10.1 Å². The summed E-state index contributed by atoms with van der Waals surface area (Å²) in [4.78, 5) is 39.2. The van der Waals surface area contributed by atoms with E-state index < -0.39 is 11.4 Å². The largest absolute Gasteiger partial charge is 0.482 e. The summed E-state index contributed by atoms with van der Waals surface area (Å²) in [5.74, 6) is -0.792. The quantitative estimate of drug-likeness (QED) is 0.509. The molecule has 2 amide bonds. The first-order valence-corrected chi connectivity index (χ1v) is 11.9. The van der Waals surface area contributed by atoms with Gasteiger partial charge in [-0.05, 0) is 68.7 Å². The Hall–Kier alpha value is -3.94. The summed E-state index contributed by atoms with van der Waals surface area (Å²) in [5.41, 5.74) is 2.98. The van der Waals surface area contributed by atoms with Gasteiger partial charge in [0.25, 0.3) is 11.8 Å². The van der Waals surface area contributed by atoms with Gasteiger partial charge >= 0.3 is 5.97 Å². The molecule has 3 aliphatic heterocycles. The molecular formula is C28H27FN2O5. The number of nitrogens with one attached hydrogen (secondary N) is 1. The molecule has 1 N–H and O–H groups in total. The van der Waals surface area contributed by atoms with Gasteiger partial charge in [-0.3, -0.25) is 14.4 Å². The number of methoxy groups -OCH3 is 1. The van der Waals surface area contributed by atoms with Crippen LogP contribution in [-0.4, -0.2) is 48.5 Å². The number of anilines is 1. The second-order valence-electron chi connectivity index (χ2n) is 9.72. The molecule has 0 atom stereocenters. The zero-order valence-electron chi connectivity index (χ0n) is 20.4. The van der Waals surface area contributed by atoms with E-state index in [4.69, 9.17) is 9.47 Å². The number of hydrogen-bond acceptors (Lipinski definition) is 5. The molecule has 2 aromatic rings. The number of rotatable bonds is 3. The van der Waals surface area contributed by atoms with E-state index in [1.165, 1.54) is 19.2 Å². The number of carbonyl (C=O) groups is 3. The topological polar surface area (TPSA) is 84.9 Å². The molecule has 0 spiro atoms. The molecule has 0 aliphatic carbocycles. The van der Waals surface area contributed by atoms with Gasteiger partial charge in [-0.25, -0.2) is 4.39 Å². The lowest BCUT2D eigenvalue weighted by Gasteiger charge is -2.30. The molecule has 7 nitrogen and oxygen atoms in total. The minimum Gasteiger partial charge on any atom is -0.482 e. The van der Waals surface area contributed by atoms with Crippen LogP contribution in [0.2, 0.25) is 0 Å². The monoisotopic (exact) mass is 490 g/mol. The van der Waals surface area contributed by atoms with E-state index >= 15 is 0 Å². The molecule has 2 aromatic carbocycles. The van der Waals surface area contributed by atoms with Crippen LogP contribution in [0.5, 0.6) is 0 Å². The predicted octanol–water partition coefficient (Wildman–Crippen LogP) is 4.41. The van der Waals surface area contributed by atoms with Gasteiger partial charge in [-0.1, -0.05) is 12.1 Å². The molecule has 1 fully saturated rings. The van der Waals surface area contributed by atoms with E-state index in [1.54, 1.807) is 23.1 Å². The summed E-state index contributed by atoms with van der Waals surface area (Å²) in [7, 11) is 1.38. The second kappa shape index (κ2) is 8.93. The van der Waals surface area contributed by atoms with Gasteiger partial charge in [0.1, 0.15) is 17.2 Å². The maximum absolute atomic E-state index is 13.6. The van der Waals surface area contributed by atoms with Crippen molar-refractivity contribution in [3.8, 4) is 0 Å². The van der Waals surface area contributed by atoms with Crippen molar-refractivity contribution in [3.05, 3.63) is 76.8 Å². The van der Waals surface area contributed by atoms with Crippen LogP contribution >= 0.6 is 0 Å². The summed E-state index contributed by atoms with van der Waals surface area (Å²) in [6.45, 7) is 4.85. The van der Waals surface area contributed by atoms with Crippen LogP contribution in [0.1, 0.15) is 48.2 Å². The van der Waals surface area contributed by atoms with Gasteiger partial charge in [0, 0.05) is 29.8 Å². The third-order valence-corrected chi connectivity index (χ3v) is 7.02. The highest BCUT2D eigenvalue weighted by Gasteiger charge is 2.38. The molecule has 36 heavy (non-hydrogen) atoms. The Balaban J connectivity index is 1.38. The lowest BCUT2D eigenvalue weighted by atomic mass is 9.91. The number of allylic oxidation sites excluding steroid dienone is 1. The lowest BCUT2D eigenvalue weighted by molar-refractivity contribution is -0.146. The number of hydrogen-bond donors (Lipinski definition) is 1. The second-order valence-corrected chi connectivity index (χ2v) is 9.72. The van der Waals surface area contributed by atoms with Gasteiger partial charge in [-0.2, -0.15) is 0 Å². The van der Waals surface area contributed by atoms with Gasteiger partial charge in [0.2, 0.25) is 0 Å². The van der Waals surface area contributed by atoms with E-state index in [0.717, 1.165) is 11.1 Å². The zero-order valence-corrected chi connectivity index (χ0v) is 20.4. The number of carbonyl (C=O) groups excluding carboxylic acids is 3. The number of esters is 1. The third kappa shape index (κ3) is 4.17. The molecule has 186 valence electrons. The third-order valence-electron chi connectivity index (χ3n) is 7.02. The minimum absolute atomic E-state index is 0.0740. The van der Waals surface area contributed by atoms with Crippen LogP contribution in [0.25, 0.3) is 11.1 Å². The van der Waals surface area contributed by atoms with Crippen LogP contribution in [0, 0.1) is 11.7 Å². The number of likely N-dealkylation sites (tertiary alicyclic amines) is 1. The molecule has 3 aliphatic rings. The average molecular weight is 491 g/mol. The Bertz CT molecular complexity index is 1320. The van der Waals surface area contributed by atoms with Gasteiger partial charge < -0.3 is 19.7 Å². The van der Waals surface area contributed by atoms with E-state index in [0.29, 0.717) is 54.1 Å². The zero-order chi connectivity index (χ0) is 25.6. The van der Waals surface area contributed by atoms with Crippen molar-refractivity contribution < 1.29 is 28.2 Å². The number of ether oxygens (including phenoxy) is 2. The maximum atomic E-state index is 13.6. The number of fused-ring (bicyclic) bond motifs is 1. The average Bonchev–Trinajstić information content (AvgIpc) is 3.37.